The minimum atomic E-state index is -0.271. The highest BCUT2D eigenvalue weighted by atomic mass is 32.1. The lowest BCUT2D eigenvalue weighted by Crippen LogP contribution is -2.30. The molecular formula is C16H19N3O2S. The van der Waals surface area contributed by atoms with Crippen LogP contribution in [-0.2, 0) is 6.54 Å². The Morgan fingerprint density at radius 1 is 1.14 bits per heavy atom. The molecule has 0 aliphatic carbocycles. The highest BCUT2D eigenvalue weighted by molar-refractivity contribution is 7.09. The Labute approximate surface area is 133 Å². The Hall–Kier alpha value is -2.34. The molecule has 0 atom stereocenters. The zero-order chi connectivity index (χ0) is 15.9. The molecule has 0 aliphatic heterocycles. The number of thiophene rings is 1. The number of hydrogen-bond acceptors (Lipinski definition) is 3. The monoisotopic (exact) mass is 317 g/mol. The van der Waals surface area contributed by atoms with Crippen LogP contribution in [0.15, 0.2) is 41.8 Å². The second-order valence-corrected chi connectivity index (χ2v) is 6.12. The van der Waals surface area contributed by atoms with Gasteiger partial charge in [-0.2, -0.15) is 0 Å². The van der Waals surface area contributed by atoms with E-state index in [1.54, 1.807) is 35.6 Å². The summed E-state index contributed by atoms with van der Waals surface area (Å²) in [6.45, 7) is 4.32. The van der Waals surface area contributed by atoms with Crippen molar-refractivity contribution < 1.29 is 9.59 Å². The number of benzene rings is 1. The first-order valence-corrected chi connectivity index (χ1v) is 7.90. The molecular weight excluding hydrogens is 298 g/mol. The number of hydrogen-bond donors (Lipinski definition) is 3. The van der Waals surface area contributed by atoms with Gasteiger partial charge in [-0.1, -0.05) is 6.07 Å². The summed E-state index contributed by atoms with van der Waals surface area (Å²) in [6, 6.07) is 10.5. The van der Waals surface area contributed by atoms with E-state index in [2.05, 4.69) is 16.0 Å². The van der Waals surface area contributed by atoms with E-state index in [-0.39, 0.29) is 18.0 Å². The maximum absolute atomic E-state index is 11.8. The first-order chi connectivity index (χ1) is 10.5. The van der Waals surface area contributed by atoms with E-state index < -0.39 is 0 Å². The standard InChI is InChI=1S/C16H19N3O2S/c1-11(2)18-15(20)12-5-7-13(8-6-12)19-16(21)17-10-14-4-3-9-22-14/h3-9,11H,10H2,1-2H3,(H,18,20)(H2,17,19,21). The van der Waals surface area contributed by atoms with Gasteiger partial charge >= 0.3 is 6.03 Å². The maximum atomic E-state index is 11.8. The number of anilines is 1. The summed E-state index contributed by atoms with van der Waals surface area (Å²) in [6.07, 6.45) is 0. The zero-order valence-corrected chi connectivity index (χ0v) is 13.4. The van der Waals surface area contributed by atoms with Crippen LogP contribution in [0.3, 0.4) is 0 Å². The highest BCUT2D eigenvalue weighted by Crippen LogP contribution is 2.10. The van der Waals surface area contributed by atoms with Gasteiger partial charge < -0.3 is 16.0 Å². The van der Waals surface area contributed by atoms with E-state index in [1.165, 1.54) is 0 Å². The molecule has 2 aromatic rings. The Morgan fingerprint density at radius 3 is 2.45 bits per heavy atom. The second kappa shape index (κ2) is 7.61. The molecule has 3 amide bonds. The van der Waals surface area contributed by atoms with Gasteiger partial charge in [0.05, 0.1) is 6.54 Å². The van der Waals surface area contributed by atoms with E-state index in [0.717, 1.165) is 4.88 Å². The average Bonchev–Trinajstić information content (AvgIpc) is 2.98. The minimum absolute atomic E-state index is 0.0910. The van der Waals surface area contributed by atoms with Crippen molar-refractivity contribution >= 4 is 29.0 Å². The molecule has 0 fully saturated rings. The molecule has 0 spiro atoms. The number of rotatable bonds is 5. The number of amides is 3. The van der Waals surface area contributed by atoms with E-state index in [9.17, 15) is 9.59 Å². The Balaban J connectivity index is 1.85. The van der Waals surface area contributed by atoms with Crippen LogP contribution in [0.4, 0.5) is 10.5 Å². The fourth-order valence-corrected chi connectivity index (χ4v) is 2.45. The quantitative estimate of drug-likeness (QED) is 0.792. The van der Waals surface area contributed by atoms with E-state index in [0.29, 0.717) is 17.8 Å². The predicted molar refractivity (Wildman–Crippen MR) is 89.2 cm³/mol. The van der Waals surface area contributed by atoms with Crippen LogP contribution in [-0.4, -0.2) is 18.0 Å². The molecule has 3 N–H and O–H groups in total. The molecule has 2 rings (SSSR count). The van der Waals surface area contributed by atoms with Crippen molar-refractivity contribution in [3.8, 4) is 0 Å². The molecule has 0 unspecified atom stereocenters. The third-order valence-electron chi connectivity index (χ3n) is 2.83. The lowest BCUT2D eigenvalue weighted by molar-refractivity contribution is 0.0943. The van der Waals surface area contributed by atoms with Crippen molar-refractivity contribution in [2.45, 2.75) is 26.4 Å². The van der Waals surface area contributed by atoms with Gasteiger partial charge in [0.25, 0.3) is 5.91 Å². The van der Waals surface area contributed by atoms with Crippen molar-refractivity contribution in [2.75, 3.05) is 5.32 Å². The minimum Gasteiger partial charge on any atom is -0.350 e. The zero-order valence-electron chi connectivity index (χ0n) is 12.6. The van der Waals surface area contributed by atoms with Crippen LogP contribution >= 0.6 is 11.3 Å². The van der Waals surface area contributed by atoms with Gasteiger partial charge in [0.2, 0.25) is 0 Å². The van der Waals surface area contributed by atoms with Gasteiger partial charge in [0.15, 0.2) is 0 Å². The molecule has 6 heteroatoms. The molecule has 0 aliphatic rings. The van der Waals surface area contributed by atoms with Gasteiger partial charge in [0.1, 0.15) is 0 Å². The highest BCUT2D eigenvalue weighted by Gasteiger charge is 2.07. The van der Waals surface area contributed by atoms with Crippen LogP contribution in [0.1, 0.15) is 29.1 Å². The maximum Gasteiger partial charge on any atom is 0.319 e. The molecule has 1 aromatic carbocycles. The molecule has 22 heavy (non-hydrogen) atoms. The van der Waals surface area contributed by atoms with Crippen LogP contribution in [0.2, 0.25) is 0 Å². The first-order valence-electron chi connectivity index (χ1n) is 7.03. The Bertz CT molecular complexity index is 621. The second-order valence-electron chi connectivity index (χ2n) is 5.09. The van der Waals surface area contributed by atoms with Crippen LogP contribution in [0.25, 0.3) is 0 Å². The smallest absolute Gasteiger partial charge is 0.319 e. The van der Waals surface area contributed by atoms with Crippen molar-refractivity contribution in [3.05, 3.63) is 52.2 Å². The average molecular weight is 317 g/mol. The molecule has 0 bridgehead atoms. The van der Waals surface area contributed by atoms with Crippen LogP contribution in [0.5, 0.6) is 0 Å². The SMILES string of the molecule is CC(C)NC(=O)c1ccc(NC(=O)NCc2cccs2)cc1. The van der Waals surface area contributed by atoms with Crippen molar-refractivity contribution in [1.82, 2.24) is 10.6 Å². The summed E-state index contributed by atoms with van der Waals surface area (Å²) in [5, 5.41) is 10.3. The largest absolute Gasteiger partial charge is 0.350 e. The Kier molecular flexibility index (Phi) is 5.55. The third-order valence-corrected chi connectivity index (χ3v) is 3.70. The predicted octanol–water partition coefficient (Wildman–Crippen LogP) is 3.21. The van der Waals surface area contributed by atoms with Gasteiger partial charge in [-0.15, -0.1) is 11.3 Å². The number of carbonyl (C=O) groups is 2. The van der Waals surface area contributed by atoms with Crippen molar-refractivity contribution in [2.24, 2.45) is 0 Å². The molecule has 0 radical (unpaired) electrons. The molecule has 116 valence electrons. The third kappa shape index (κ3) is 4.89. The fourth-order valence-electron chi connectivity index (χ4n) is 1.81. The van der Waals surface area contributed by atoms with Gasteiger partial charge in [-0.05, 0) is 49.6 Å². The summed E-state index contributed by atoms with van der Waals surface area (Å²) in [5.41, 5.74) is 1.21. The molecule has 5 nitrogen and oxygen atoms in total. The molecule has 0 saturated carbocycles. The van der Waals surface area contributed by atoms with Crippen molar-refractivity contribution in [1.29, 1.82) is 0 Å². The lowest BCUT2D eigenvalue weighted by Gasteiger charge is -2.10. The van der Waals surface area contributed by atoms with Crippen molar-refractivity contribution in [3.63, 3.8) is 0 Å². The van der Waals surface area contributed by atoms with Crippen LogP contribution < -0.4 is 16.0 Å². The van der Waals surface area contributed by atoms with Gasteiger partial charge in [-0.3, -0.25) is 4.79 Å². The number of urea groups is 1. The number of carbonyl (C=O) groups excluding carboxylic acids is 2. The summed E-state index contributed by atoms with van der Waals surface area (Å²) in [5.74, 6) is -0.122. The molecule has 0 saturated heterocycles. The van der Waals surface area contributed by atoms with Gasteiger partial charge in [0, 0.05) is 22.2 Å². The topological polar surface area (TPSA) is 70.2 Å². The Morgan fingerprint density at radius 2 is 1.86 bits per heavy atom. The summed E-state index contributed by atoms with van der Waals surface area (Å²) in [7, 11) is 0. The lowest BCUT2D eigenvalue weighted by atomic mass is 10.2. The summed E-state index contributed by atoms with van der Waals surface area (Å²) < 4.78 is 0. The molecule has 1 heterocycles. The summed E-state index contributed by atoms with van der Waals surface area (Å²) in [4.78, 5) is 24.7. The van der Waals surface area contributed by atoms with E-state index in [1.807, 2.05) is 31.4 Å². The van der Waals surface area contributed by atoms with E-state index in [4.69, 9.17) is 0 Å². The molecule has 1 aromatic heterocycles. The number of nitrogens with one attached hydrogen (secondary N) is 3. The normalized spacial score (nSPS) is 10.3. The van der Waals surface area contributed by atoms with E-state index >= 15 is 0 Å². The summed E-state index contributed by atoms with van der Waals surface area (Å²) >= 11 is 1.59. The van der Waals surface area contributed by atoms with Crippen LogP contribution in [0, 0.1) is 0 Å². The van der Waals surface area contributed by atoms with Gasteiger partial charge in [-0.25, -0.2) is 4.79 Å². The first kappa shape index (κ1) is 16.0. The fraction of sp³-hybridized carbons (Fsp3) is 0.250.